The molecule has 4 nitrogen and oxygen atoms in total. The number of likely N-dealkylation sites (N-methyl/N-ethyl adjacent to an activating group) is 1. The van der Waals surface area contributed by atoms with Crippen LogP contribution in [0.1, 0.15) is 27.6 Å². The van der Waals surface area contributed by atoms with E-state index in [1.807, 2.05) is 36.4 Å². The Morgan fingerprint density at radius 2 is 1.57 bits per heavy atom. The first-order chi connectivity index (χ1) is 11.0. The first-order valence-corrected chi connectivity index (χ1v) is 7.43. The summed E-state index contributed by atoms with van der Waals surface area (Å²) in [5.41, 5.74) is 3.37. The second-order valence-corrected chi connectivity index (χ2v) is 5.75. The van der Waals surface area contributed by atoms with Crippen molar-refractivity contribution in [3.8, 4) is 0 Å². The quantitative estimate of drug-likeness (QED) is 0.940. The van der Waals surface area contributed by atoms with Gasteiger partial charge in [-0.25, -0.2) is 0 Å². The summed E-state index contributed by atoms with van der Waals surface area (Å²) in [6.45, 7) is 1.71. The van der Waals surface area contributed by atoms with E-state index in [2.05, 4.69) is 5.32 Å². The lowest BCUT2D eigenvalue weighted by Crippen LogP contribution is -2.29. The van der Waals surface area contributed by atoms with Gasteiger partial charge in [0.1, 0.15) is 0 Å². The summed E-state index contributed by atoms with van der Waals surface area (Å²) in [6.07, 6.45) is 0. The van der Waals surface area contributed by atoms with Gasteiger partial charge in [-0.3, -0.25) is 9.59 Å². The molecule has 0 saturated carbocycles. The molecule has 0 bridgehead atoms. The van der Waals surface area contributed by atoms with Crippen LogP contribution in [0, 0.1) is 0 Å². The highest BCUT2D eigenvalue weighted by Gasteiger charge is 2.32. The van der Waals surface area contributed by atoms with Crippen molar-refractivity contribution in [1.29, 1.82) is 0 Å². The van der Waals surface area contributed by atoms with Gasteiger partial charge in [-0.15, -0.1) is 0 Å². The highest BCUT2D eigenvalue weighted by atomic mass is 16.1. The molecular weight excluding hydrogens is 288 g/mol. The predicted molar refractivity (Wildman–Crippen MR) is 91.2 cm³/mol. The highest BCUT2D eigenvalue weighted by Crippen LogP contribution is 2.33. The van der Waals surface area contributed by atoms with Gasteiger partial charge in [0.2, 0.25) is 5.78 Å². The molecule has 4 heteroatoms. The number of anilines is 2. The fourth-order valence-electron chi connectivity index (χ4n) is 2.90. The van der Waals surface area contributed by atoms with Crippen LogP contribution in [0.3, 0.4) is 0 Å². The van der Waals surface area contributed by atoms with Crippen LogP contribution in [-0.4, -0.2) is 30.6 Å². The summed E-state index contributed by atoms with van der Waals surface area (Å²) < 4.78 is 0. The van der Waals surface area contributed by atoms with Crippen LogP contribution < -0.4 is 5.32 Å². The Morgan fingerprint density at radius 3 is 2.22 bits per heavy atom. The third-order valence-corrected chi connectivity index (χ3v) is 3.95. The number of fused-ring (bicyclic) bond motifs is 1. The monoisotopic (exact) mass is 306 g/mol. The molecule has 2 aromatic rings. The number of benzene rings is 2. The number of carbonyl (C=O) groups excluding carboxylic acids is 2. The molecule has 0 aliphatic heterocycles. The zero-order chi connectivity index (χ0) is 16.6. The summed E-state index contributed by atoms with van der Waals surface area (Å²) in [6, 6.07) is 14.9. The van der Waals surface area contributed by atoms with Crippen LogP contribution in [0.5, 0.6) is 0 Å². The first kappa shape index (κ1) is 15.0. The van der Waals surface area contributed by atoms with Crippen molar-refractivity contribution in [2.24, 2.45) is 0 Å². The lowest BCUT2D eigenvalue weighted by atomic mass is 9.86. The number of para-hydroxylation sites is 1. The third-order valence-electron chi connectivity index (χ3n) is 3.95. The molecule has 0 radical (unpaired) electrons. The number of hydrogen-bond donors (Lipinski definition) is 1. The van der Waals surface area contributed by atoms with Crippen LogP contribution >= 0.6 is 0 Å². The molecule has 3 rings (SSSR count). The number of allylic oxidation sites excluding steroid dienone is 2. The second kappa shape index (κ2) is 5.72. The molecule has 0 saturated heterocycles. The summed E-state index contributed by atoms with van der Waals surface area (Å²) in [5, 5.41) is 3.24. The maximum Gasteiger partial charge on any atom is 0.210 e. The average molecular weight is 306 g/mol. The summed E-state index contributed by atoms with van der Waals surface area (Å²) >= 11 is 0. The number of nitrogens with one attached hydrogen (secondary N) is 1. The number of Topliss-reactive ketones (excluding diaryl/α,β-unsaturated/α-hetero) is 2. The van der Waals surface area contributed by atoms with Crippen LogP contribution in [0.25, 0.3) is 0 Å². The molecule has 0 atom stereocenters. The maximum atomic E-state index is 12.8. The Morgan fingerprint density at radius 1 is 0.870 bits per heavy atom. The topological polar surface area (TPSA) is 49.4 Å². The van der Waals surface area contributed by atoms with Gasteiger partial charge < -0.3 is 10.2 Å². The number of hydrogen-bond acceptors (Lipinski definition) is 4. The molecule has 2 aromatic carbocycles. The smallest absolute Gasteiger partial charge is 0.210 e. The molecule has 0 heterocycles. The Kier molecular flexibility index (Phi) is 3.74. The summed E-state index contributed by atoms with van der Waals surface area (Å²) in [4.78, 5) is 27.3. The minimum Gasteiger partial charge on any atom is -0.374 e. The molecule has 116 valence electrons. The largest absolute Gasteiger partial charge is 0.374 e. The summed E-state index contributed by atoms with van der Waals surface area (Å²) in [5.74, 6) is -0.221. The molecule has 0 spiro atoms. The molecule has 0 fully saturated rings. The zero-order valence-electron chi connectivity index (χ0n) is 13.4. The molecule has 1 N–H and O–H groups in total. The van der Waals surface area contributed by atoms with Crippen molar-refractivity contribution in [3.63, 3.8) is 0 Å². The SMILES string of the molecule is CC1=C(N(C)C)C(=O)c2cccc(Nc3ccccc3)c2C1=O. The van der Waals surface area contributed by atoms with E-state index < -0.39 is 0 Å². The molecule has 1 aliphatic carbocycles. The number of carbonyl (C=O) groups is 2. The molecule has 23 heavy (non-hydrogen) atoms. The van der Waals surface area contributed by atoms with E-state index in [0.29, 0.717) is 28.1 Å². The van der Waals surface area contributed by atoms with E-state index >= 15 is 0 Å². The van der Waals surface area contributed by atoms with Gasteiger partial charge in [0.05, 0.1) is 16.9 Å². The van der Waals surface area contributed by atoms with E-state index in [9.17, 15) is 9.59 Å². The minimum absolute atomic E-state index is 0.109. The average Bonchev–Trinajstić information content (AvgIpc) is 2.53. The Bertz CT molecular complexity index is 821. The van der Waals surface area contributed by atoms with Gasteiger partial charge in [0.25, 0.3) is 0 Å². The van der Waals surface area contributed by atoms with Crippen molar-refractivity contribution in [2.45, 2.75) is 6.92 Å². The van der Waals surface area contributed by atoms with E-state index in [4.69, 9.17) is 0 Å². The van der Waals surface area contributed by atoms with Gasteiger partial charge in [0.15, 0.2) is 5.78 Å². The Hall–Kier alpha value is -2.88. The maximum absolute atomic E-state index is 12.8. The van der Waals surface area contributed by atoms with Crippen molar-refractivity contribution in [3.05, 3.63) is 70.9 Å². The molecule has 1 aliphatic rings. The minimum atomic E-state index is -0.112. The predicted octanol–water partition coefficient (Wildman–Crippen LogP) is 3.64. The van der Waals surface area contributed by atoms with Crippen LogP contribution in [0.2, 0.25) is 0 Å². The lowest BCUT2D eigenvalue weighted by Gasteiger charge is -2.25. The zero-order valence-corrected chi connectivity index (χ0v) is 13.4. The third kappa shape index (κ3) is 2.52. The van der Waals surface area contributed by atoms with Crippen molar-refractivity contribution in [1.82, 2.24) is 4.90 Å². The van der Waals surface area contributed by atoms with E-state index in [-0.39, 0.29) is 11.6 Å². The molecular formula is C19H18N2O2. The van der Waals surface area contributed by atoms with Gasteiger partial charge in [0, 0.05) is 30.9 Å². The van der Waals surface area contributed by atoms with Crippen LogP contribution in [-0.2, 0) is 0 Å². The number of ketones is 2. The van der Waals surface area contributed by atoms with E-state index in [1.165, 1.54) is 0 Å². The molecule has 0 amide bonds. The van der Waals surface area contributed by atoms with Crippen LogP contribution in [0.15, 0.2) is 59.8 Å². The second-order valence-electron chi connectivity index (χ2n) is 5.75. The van der Waals surface area contributed by atoms with Crippen LogP contribution in [0.4, 0.5) is 11.4 Å². The van der Waals surface area contributed by atoms with Gasteiger partial charge in [-0.1, -0.05) is 30.3 Å². The Balaban J connectivity index is 2.12. The summed E-state index contributed by atoms with van der Waals surface area (Å²) in [7, 11) is 3.56. The lowest BCUT2D eigenvalue weighted by molar-refractivity contribution is 0.0953. The first-order valence-electron chi connectivity index (χ1n) is 7.43. The standard InChI is InChI=1S/C19H18N2O2/c1-12-17(21(2)3)19(23)14-10-7-11-15(16(14)18(12)22)20-13-8-5-4-6-9-13/h4-11,20H,1-3H3. The van der Waals surface area contributed by atoms with E-state index in [1.54, 1.807) is 38.1 Å². The van der Waals surface area contributed by atoms with Gasteiger partial charge in [-0.2, -0.15) is 0 Å². The van der Waals surface area contributed by atoms with Crippen molar-refractivity contribution < 1.29 is 9.59 Å². The number of rotatable bonds is 3. The van der Waals surface area contributed by atoms with Gasteiger partial charge in [-0.05, 0) is 25.1 Å². The van der Waals surface area contributed by atoms with Crippen molar-refractivity contribution in [2.75, 3.05) is 19.4 Å². The fourth-order valence-corrected chi connectivity index (χ4v) is 2.90. The fraction of sp³-hybridized carbons (Fsp3) is 0.158. The van der Waals surface area contributed by atoms with Gasteiger partial charge >= 0.3 is 0 Å². The van der Waals surface area contributed by atoms with Crippen molar-refractivity contribution >= 4 is 22.9 Å². The normalized spacial score (nSPS) is 13.9. The Labute approximate surface area is 135 Å². The highest BCUT2D eigenvalue weighted by molar-refractivity contribution is 6.28. The molecule has 0 aromatic heterocycles. The van der Waals surface area contributed by atoms with E-state index in [0.717, 1.165) is 5.69 Å². The molecule has 0 unspecified atom stereocenters. The number of nitrogens with zero attached hydrogens (tertiary/aromatic N) is 1.